The molecule has 0 saturated heterocycles. The maximum Gasteiger partial charge on any atom is 0.416 e. The average Bonchev–Trinajstić information content (AvgIpc) is 2.25. The fourth-order valence-corrected chi connectivity index (χ4v) is 1.27. The predicted octanol–water partition coefficient (Wildman–Crippen LogP) is 3.92. The van der Waals surface area contributed by atoms with Gasteiger partial charge in [-0.2, -0.15) is 13.2 Å². The quantitative estimate of drug-likeness (QED) is 0.714. The highest BCUT2D eigenvalue weighted by molar-refractivity contribution is 5.59. The molecule has 1 aromatic carbocycles. The van der Waals surface area contributed by atoms with Crippen molar-refractivity contribution in [1.82, 2.24) is 0 Å². The molecule has 0 amide bonds. The zero-order valence-corrected chi connectivity index (χ0v) is 8.84. The van der Waals surface area contributed by atoms with Crippen LogP contribution >= 0.6 is 0 Å². The third-order valence-corrected chi connectivity index (χ3v) is 2.02. The minimum absolute atomic E-state index is 0.237. The van der Waals surface area contributed by atoms with Crippen LogP contribution in [0.2, 0.25) is 0 Å². The largest absolute Gasteiger partial charge is 0.493 e. The van der Waals surface area contributed by atoms with Gasteiger partial charge in [-0.15, -0.1) is 0 Å². The molecular formula is C12H12F3O. The molecule has 1 radical (unpaired) electrons. The smallest absolute Gasteiger partial charge is 0.416 e. The normalized spacial score (nSPS) is 12.7. The van der Waals surface area contributed by atoms with Gasteiger partial charge < -0.3 is 4.74 Å². The van der Waals surface area contributed by atoms with E-state index in [0.29, 0.717) is 11.3 Å². The van der Waals surface area contributed by atoms with Gasteiger partial charge in [0.05, 0.1) is 12.2 Å². The molecule has 0 spiro atoms. The Morgan fingerprint density at radius 2 is 1.88 bits per heavy atom. The maximum absolute atomic E-state index is 12.3. The number of halogens is 3. The first-order chi connectivity index (χ1) is 7.49. The van der Waals surface area contributed by atoms with E-state index in [1.165, 1.54) is 12.1 Å². The highest BCUT2D eigenvalue weighted by atomic mass is 19.4. The van der Waals surface area contributed by atoms with Crippen LogP contribution in [0.25, 0.3) is 5.76 Å². The van der Waals surface area contributed by atoms with E-state index in [1.807, 2.05) is 0 Å². The monoisotopic (exact) mass is 229 g/mol. The van der Waals surface area contributed by atoms with Crippen LogP contribution in [0.1, 0.15) is 18.1 Å². The van der Waals surface area contributed by atoms with E-state index in [1.54, 1.807) is 13.0 Å². The van der Waals surface area contributed by atoms with E-state index >= 15 is 0 Å². The molecule has 0 aromatic heterocycles. The molecule has 0 aliphatic heterocycles. The molecule has 0 bridgehead atoms. The van der Waals surface area contributed by atoms with Crippen molar-refractivity contribution in [3.8, 4) is 0 Å². The van der Waals surface area contributed by atoms with Gasteiger partial charge in [0.25, 0.3) is 0 Å². The summed E-state index contributed by atoms with van der Waals surface area (Å²) in [5, 5.41) is 0. The number of hydrogen-bond acceptors (Lipinski definition) is 1. The lowest BCUT2D eigenvalue weighted by molar-refractivity contribution is -0.137. The van der Waals surface area contributed by atoms with Crippen molar-refractivity contribution in [2.45, 2.75) is 13.1 Å². The zero-order chi connectivity index (χ0) is 12.2. The SMILES string of the molecule is [CH2]COC(=CC)c1ccc(C(F)(F)F)cc1. The van der Waals surface area contributed by atoms with Gasteiger partial charge in [-0.1, -0.05) is 12.1 Å². The van der Waals surface area contributed by atoms with E-state index in [-0.39, 0.29) is 6.61 Å². The van der Waals surface area contributed by atoms with Crippen molar-refractivity contribution in [3.05, 3.63) is 48.4 Å². The Bertz CT molecular complexity index is 363. The first-order valence-electron chi connectivity index (χ1n) is 4.75. The van der Waals surface area contributed by atoms with Crippen LogP contribution in [-0.2, 0) is 10.9 Å². The Hall–Kier alpha value is -1.45. The van der Waals surface area contributed by atoms with Crippen molar-refractivity contribution in [2.75, 3.05) is 6.61 Å². The van der Waals surface area contributed by atoms with Gasteiger partial charge >= 0.3 is 6.18 Å². The van der Waals surface area contributed by atoms with Gasteiger partial charge in [0, 0.05) is 5.56 Å². The number of ether oxygens (including phenoxy) is 1. The molecule has 87 valence electrons. The summed E-state index contributed by atoms with van der Waals surface area (Å²) in [5.74, 6) is 0.531. The minimum Gasteiger partial charge on any atom is -0.493 e. The van der Waals surface area contributed by atoms with Crippen LogP contribution in [-0.4, -0.2) is 6.61 Å². The summed E-state index contributed by atoms with van der Waals surface area (Å²) in [7, 11) is 0. The Kier molecular flexibility index (Phi) is 3.99. The Labute approximate surface area is 92.5 Å². The van der Waals surface area contributed by atoms with Crippen LogP contribution < -0.4 is 0 Å². The van der Waals surface area contributed by atoms with Crippen molar-refractivity contribution < 1.29 is 17.9 Å². The Balaban J connectivity index is 2.94. The molecule has 0 N–H and O–H groups in total. The predicted molar refractivity (Wildman–Crippen MR) is 56.4 cm³/mol. The fraction of sp³-hybridized carbons (Fsp3) is 0.250. The molecule has 0 fully saturated rings. The van der Waals surface area contributed by atoms with E-state index in [4.69, 9.17) is 4.74 Å². The summed E-state index contributed by atoms with van der Waals surface area (Å²) in [6, 6.07) is 4.83. The topological polar surface area (TPSA) is 9.23 Å². The maximum atomic E-state index is 12.3. The van der Waals surface area contributed by atoms with Crippen molar-refractivity contribution in [3.63, 3.8) is 0 Å². The third-order valence-electron chi connectivity index (χ3n) is 2.02. The van der Waals surface area contributed by atoms with E-state index in [0.717, 1.165) is 12.1 Å². The Morgan fingerprint density at radius 1 is 1.31 bits per heavy atom. The minimum atomic E-state index is -4.30. The number of benzene rings is 1. The summed E-state index contributed by atoms with van der Waals surface area (Å²) in [6.45, 7) is 5.50. The van der Waals surface area contributed by atoms with E-state index in [2.05, 4.69) is 6.92 Å². The van der Waals surface area contributed by atoms with Gasteiger partial charge in [0.15, 0.2) is 0 Å². The first kappa shape index (κ1) is 12.6. The van der Waals surface area contributed by atoms with E-state index < -0.39 is 11.7 Å². The third kappa shape index (κ3) is 3.02. The highest BCUT2D eigenvalue weighted by Crippen LogP contribution is 2.30. The lowest BCUT2D eigenvalue weighted by Gasteiger charge is -2.10. The lowest BCUT2D eigenvalue weighted by Crippen LogP contribution is -2.04. The van der Waals surface area contributed by atoms with Gasteiger partial charge in [-0.25, -0.2) is 0 Å². The molecule has 1 rings (SSSR count). The second-order valence-corrected chi connectivity index (χ2v) is 3.08. The lowest BCUT2D eigenvalue weighted by atomic mass is 10.1. The summed E-state index contributed by atoms with van der Waals surface area (Å²) in [6.07, 6.45) is -2.62. The zero-order valence-electron chi connectivity index (χ0n) is 8.84. The standard InChI is InChI=1S/C12H12F3O/c1-3-11(16-4-2)9-5-7-10(8-6-9)12(13,14)15/h3,5-8H,2,4H2,1H3. The molecule has 1 aromatic rings. The first-order valence-corrected chi connectivity index (χ1v) is 4.75. The molecule has 0 saturated carbocycles. The molecule has 0 aliphatic rings. The van der Waals surface area contributed by atoms with E-state index in [9.17, 15) is 13.2 Å². The number of allylic oxidation sites excluding steroid dienone is 1. The van der Waals surface area contributed by atoms with Crippen LogP contribution in [0.4, 0.5) is 13.2 Å². The molecule has 1 nitrogen and oxygen atoms in total. The van der Waals surface area contributed by atoms with Gasteiger partial charge in [-0.3, -0.25) is 0 Å². The van der Waals surface area contributed by atoms with Gasteiger partial charge in [0.2, 0.25) is 0 Å². The van der Waals surface area contributed by atoms with Crippen LogP contribution in [0.15, 0.2) is 30.3 Å². The highest BCUT2D eigenvalue weighted by Gasteiger charge is 2.30. The molecule has 4 heteroatoms. The van der Waals surface area contributed by atoms with Crippen LogP contribution in [0.3, 0.4) is 0 Å². The summed E-state index contributed by atoms with van der Waals surface area (Å²) in [5.41, 5.74) is -0.0551. The molecule has 16 heavy (non-hydrogen) atoms. The molecule has 0 aliphatic carbocycles. The second kappa shape index (κ2) is 5.05. The van der Waals surface area contributed by atoms with Gasteiger partial charge in [-0.05, 0) is 32.1 Å². The Morgan fingerprint density at radius 3 is 2.25 bits per heavy atom. The molecule has 0 atom stereocenters. The summed E-state index contributed by atoms with van der Waals surface area (Å²) < 4.78 is 42.1. The number of rotatable bonds is 3. The second-order valence-electron chi connectivity index (χ2n) is 3.08. The van der Waals surface area contributed by atoms with Crippen molar-refractivity contribution in [1.29, 1.82) is 0 Å². The van der Waals surface area contributed by atoms with Crippen molar-refractivity contribution in [2.24, 2.45) is 0 Å². The average molecular weight is 229 g/mol. The van der Waals surface area contributed by atoms with Crippen LogP contribution in [0, 0.1) is 6.92 Å². The van der Waals surface area contributed by atoms with Crippen LogP contribution in [0.5, 0.6) is 0 Å². The number of hydrogen-bond donors (Lipinski definition) is 0. The van der Waals surface area contributed by atoms with Gasteiger partial charge in [0.1, 0.15) is 5.76 Å². The summed E-state index contributed by atoms with van der Waals surface area (Å²) >= 11 is 0. The summed E-state index contributed by atoms with van der Waals surface area (Å²) in [4.78, 5) is 0. The van der Waals surface area contributed by atoms with Crippen molar-refractivity contribution >= 4 is 5.76 Å². The molecule has 0 unspecified atom stereocenters. The molecular weight excluding hydrogens is 217 g/mol. The fourth-order valence-electron chi connectivity index (χ4n) is 1.27. The number of alkyl halides is 3. The molecule has 0 heterocycles.